The van der Waals surface area contributed by atoms with Crippen LogP contribution in [0.4, 0.5) is 0 Å². The van der Waals surface area contributed by atoms with Gasteiger partial charge in [0, 0.05) is 10.0 Å². The summed E-state index contributed by atoms with van der Waals surface area (Å²) in [5.41, 5.74) is 0.356. The third-order valence-electron chi connectivity index (χ3n) is 2.35. The molecule has 0 heterocycles. The molecule has 1 aromatic rings. The van der Waals surface area contributed by atoms with Crippen LogP contribution in [0.25, 0.3) is 0 Å². The molecule has 6 heteroatoms. The van der Waals surface area contributed by atoms with Crippen molar-refractivity contribution in [3.8, 4) is 5.75 Å². The Bertz CT molecular complexity index is 421. The summed E-state index contributed by atoms with van der Waals surface area (Å²) in [6.45, 7) is 1.76. The fraction of sp³-hybridized carbons (Fsp3) is 0.417. The van der Waals surface area contributed by atoms with Gasteiger partial charge >= 0.3 is 5.97 Å². The molecule has 0 spiro atoms. The van der Waals surface area contributed by atoms with Crippen LogP contribution in [-0.4, -0.2) is 36.0 Å². The zero-order chi connectivity index (χ0) is 13.7. The quantitative estimate of drug-likeness (QED) is 0.803. The lowest BCUT2D eigenvalue weighted by Gasteiger charge is -2.18. The Morgan fingerprint density at radius 3 is 2.67 bits per heavy atom. The minimum atomic E-state index is -1.63. The van der Waals surface area contributed by atoms with Gasteiger partial charge in [-0.1, -0.05) is 15.9 Å². The van der Waals surface area contributed by atoms with Crippen LogP contribution >= 0.6 is 15.9 Å². The molecule has 0 aliphatic heterocycles. The van der Waals surface area contributed by atoms with Gasteiger partial charge in [-0.25, -0.2) is 4.79 Å². The van der Waals surface area contributed by atoms with E-state index in [-0.39, 0.29) is 6.61 Å². The highest BCUT2D eigenvalue weighted by Gasteiger charge is 2.28. The van der Waals surface area contributed by atoms with Gasteiger partial charge in [-0.2, -0.15) is 0 Å². The standard InChI is InChI=1S/C12H15BrO5/c1-3-18-12(16)11(15)10(14)8-6-7(17-2)4-5-9(8)13/h4-6,10-11,14-15H,3H2,1-2H3. The van der Waals surface area contributed by atoms with Crippen LogP contribution in [0.1, 0.15) is 18.6 Å². The van der Waals surface area contributed by atoms with E-state index in [4.69, 9.17) is 4.74 Å². The maximum atomic E-state index is 11.3. The number of carbonyl (C=O) groups is 1. The predicted molar refractivity (Wildman–Crippen MR) is 68.3 cm³/mol. The molecule has 1 rings (SSSR count). The van der Waals surface area contributed by atoms with Gasteiger partial charge in [-0.05, 0) is 25.1 Å². The summed E-state index contributed by atoms with van der Waals surface area (Å²) in [5, 5.41) is 19.6. The van der Waals surface area contributed by atoms with E-state index in [1.165, 1.54) is 13.2 Å². The number of carbonyl (C=O) groups excluding carboxylic acids is 1. The number of aliphatic hydroxyl groups is 2. The number of rotatable bonds is 5. The van der Waals surface area contributed by atoms with Crippen molar-refractivity contribution in [2.45, 2.75) is 19.1 Å². The van der Waals surface area contributed by atoms with Gasteiger partial charge in [0.1, 0.15) is 11.9 Å². The fourth-order valence-corrected chi connectivity index (χ4v) is 1.88. The number of hydrogen-bond acceptors (Lipinski definition) is 5. The van der Waals surface area contributed by atoms with Gasteiger partial charge in [0.2, 0.25) is 0 Å². The summed E-state index contributed by atoms with van der Waals surface area (Å²) >= 11 is 3.24. The van der Waals surface area contributed by atoms with E-state index in [1.807, 2.05) is 0 Å². The van der Waals surface area contributed by atoms with Crippen molar-refractivity contribution in [2.24, 2.45) is 0 Å². The molecule has 0 saturated carbocycles. The lowest BCUT2D eigenvalue weighted by Crippen LogP contribution is -2.30. The topological polar surface area (TPSA) is 76.0 Å². The molecular formula is C12H15BrO5. The van der Waals surface area contributed by atoms with E-state index in [1.54, 1.807) is 19.1 Å². The van der Waals surface area contributed by atoms with Gasteiger partial charge in [0.15, 0.2) is 6.10 Å². The fourth-order valence-electron chi connectivity index (χ4n) is 1.40. The normalized spacial score (nSPS) is 13.8. The zero-order valence-corrected chi connectivity index (χ0v) is 11.7. The van der Waals surface area contributed by atoms with Crippen molar-refractivity contribution in [3.63, 3.8) is 0 Å². The van der Waals surface area contributed by atoms with Crippen molar-refractivity contribution < 1.29 is 24.5 Å². The maximum absolute atomic E-state index is 11.3. The Morgan fingerprint density at radius 1 is 1.44 bits per heavy atom. The second-order valence-corrected chi connectivity index (χ2v) is 4.38. The van der Waals surface area contributed by atoms with Gasteiger partial charge in [-0.3, -0.25) is 0 Å². The molecule has 0 aliphatic rings. The number of ether oxygens (including phenoxy) is 2. The highest BCUT2D eigenvalue weighted by atomic mass is 79.9. The number of benzene rings is 1. The Balaban J connectivity index is 2.95. The van der Waals surface area contributed by atoms with E-state index in [0.29, 0.717) is 15.8 Å². The number of aliphatic hydroxyl groups excluding tert-OH is 2. The number of methoxy groups -OCH3 is 1. The van der Waals surface area contributed by atoms with Crippen molar-refractivity contribution in [1.82, 2.24) is 0 Å². The highest BCUT2D eigenvalue weighted by Crippen LogP contribution is 2.29. The molecule has 5 nitrogen and oxygen atoms in total. The first-order valence-corrected chi connectivity index (χ1v) is 6.16. The molecule has 0 bridgehead atoms. The summed E-state index contributed by atoms with van der Waals surface area (Å²) in [4.78, 5) is 11.3. The number of halogens is 1. The van der Waals surface area contributed by atoms with Crippen LogP contribution in [0, 0.1) is 0 Å². The smallest absolute Gasteiger partial charge is 0.338 e. The minimum absolute atomic E-state index is 0.141. The van der Waals surface area contributed by atoms with Crippen molar-refractivity contribution in [2.75, 3.05) is 13.7 Å². The molecule has 0 saturated heterocycles. The molecule has 0 aliphatic carbocycles. The first kappa shape index (κ1) is 14.9. The number of esters is 1. The van der Waals surface area contributed by atoms with E-state index < -0.39 is 18.2 Å². The van der Waals surface area contributed by atoms with E-state index in [0.717, 1.165) is 0 Å². The molecule has 2 atom stereocenters. The average Bonchev–Trinajstić information content (AvgIpc) is 2.38. The third kappa shape index (κ3) is 3.44. The summed E-state index contributed by atoms with van der Waals surface area (Å²) in [5.74, 6) is -0.344. The van der Waals surface area contributed by atoms with Crippen LogP contribution in [0.15, 0.2) is 22.7 Å². The van der Waals surface area contributed by atoms with Gasteiger partial charge in [-0.15, -0.1) is 0 Å². The SMILES string of the molecule is CCOC(=O)C(O)C(O)c1cc(OC)ccc1Br. The van der Waals surface area contributed by atoms with Crippen molar-refractivity contribution >= 4 is 21.9 Å². The Labute approximate surface area is 113 Å². The molecule has 0 amide bonds. The van der Waals surface area contributed by atoms with E-state index >= 15 is 0 Å². The summed E-state index contributed by atoms with van der Waals surface area (Å²) in [6.07, 6.45) is -3.01. The van der Waals surface area contributed by atoms with E-state index in [9.17, 15) is 15.0 Å². The van der Waals surface area contributed by atoms with Crippen LogP contribution in [0.3, 0.4) is 0 Å². The van der Waals surface area contributed by atoms with Crippen molar-refractivity contribution in [1.29, 1.82) is 0 Å². The summed E-state index contributed by atoms with van der Waals surface area (Å²) in [7, 11) is 1.49. The summed E-state index contributed by atoms with van der Waals surface area (Å²) < 4.78 is 10.2. The lowest BCUT2D eigenvalue weighted by atomic mass is 10.0. The lowest BCUT2D eigenvalue weighted by molar-refractivity contribution is -0.159. The molecule has 2 unspecified atom stereocenters. The van der Waals surface area contributed by atoms with Gasteiger partial charge in [0.25, 0.3) is 0 Å². The average molecular weight is 319 g/mol. The first-order chi connectivity index (χ1) is 8.51. The Morgan fingerprint density at radius 2 is 2.11 bits per heavy atom. The largest absolute Gasteiger partial charge is 0.497 e. The molecular weight excluding hydrogens is 304 g/mol. The molecule has 0 radical (unpaired) electrons. The van der Waals surface area contributed by atoms with Gasteiger partial charge in [0.05, 0.1) is 13.7 Å². The monoisotopic (exact) mass is 318 g/mol. The second-order valence-electron chi connectivity index (χ2n) is 3.53. The molecule has 1 aromatic carbocycles. The van der Waals surface area contributed by atoms with Crippen LogP contribution in [-0.2, 0) is 9.53 Å². The molecule has 0 fully saturated rings. The minimum Gasteiger partial charge on any atom is -0.497 e. The summed E-state index contributed by atoms with van der Waals surface area (Å²) in [6, 6.07) is 4.89. The van der Waals surface area contributed by atoms with Crippen molar-refractivity contribution in [3.05, 3.63) is 28.2 Å². The molecule has 18 heavy (non-hydrogen) atoms. The van der Waals surface area contributed by atoms with E-state index in [2.05, 4.69) is 20.7 Å². The highest BCUT2D eigenvalue weighted by molar-refractivity contribution is 9.10. The first-order valence-electron chi connectivity index (χ1n) is 5.37. The molecule has 100 valence electrons. The number of hydrogen-bond donors (Lipinski definition) is 2. The maximum Gasteiger partial charge on any atom is 0.338 e. The Kier molecular flexibility index (Phi) is 5.58. The van der Waals surface area contributed by atoms with Crippen LogP contribution in [0.5, 0.6) is 5.75 Å². The van der Waals surface area contributed by atoms with Crippen LogP contribution < -0.4 is 4.74 Å². The van der Waals surface area contributed by atoms with Crippen LogP contribution in [0.2, 0.25) is 0 Å². The molecule has 0 aromatic heterocycles. The second kappa shape index (κ2) is 6.72. The van der Waals surface area contributed by atoms with Gasteiger partial charge < -0.3 is 19.7 Å². The predicted octanol–water partition coefficient (Wildman–Crippen LogP) is 1.42. The Hall–Kier alpha value is -1.11. The zero-order valence-electron chi connectivity index (χ0n) is 10.1. The molecule has 2 N–H and O–H groups in total. The third-order valence-corrected chi connectivity index (χ3v) is 3.07.